The van der Waals surface area contributed by atoms with Crippen molar-refractivity contribution < 1.29 is 19.1 Å². The van der Waals surface area contributed by atoms with E-state index in [1.807, 2.05) is 38.1 Å². The fourth-order valence-electron chi connectivity index (χ4n) is 4.20. The molecule has 2 N–H and O–H groups in total. The molecule has 0 saturated carbocycles. The predicted octanol–water partition coefficient (Wildman–Crippen LogP) is 5.41. The quantitative estimate of drug-likeness (QED) is 0.450. The average Bonchev–Trinajstić information content (AvgIpc) is 3.30. The van der Waals surface area contributed by atoms with E-state index in [1.165, 1.54) is 17.5 Å². The number of hydrogen-bond acceptors (Lipinski definition) is 4. The zero-order chi connectivity index (χ0) is 23.9. The number of rotatable bonds is 9. The Balaban J connectivity index is 1.55. The molecule has 34 heavy (non-hydrogen) atoms. The lowest BCUT2D eigenvalue weighted by atomic mass is 10.0. The summed E-state index contributed by atoms with van der Waals surface area (Å²) in [4.78, 5) is 25.6. The molecule has 3 aromatic rings. The number of fused-ring (bicyclic) bond motifs is 1. The van der Waals surface area contributed by atoms with Crippen molar-refractivity contribution in [3.63, 3.8) is 0 Å². The van der Waals surface area contributed by atoms with E-state index in [-0.39, 0.29) is 18.2 Å². The van der Waals surface area contributed by atoms with Gasteiger partial charge in [-0.2, -0.15) is 0 Å². The van der Waals surface area contributed by atoms with Crippen LogP contribution < -0.4 is 20.1 Å². The van der Waals surface area contributed by atoms with E-state index in [4.69, 9.17) is 9.47 Å². The van der Waals surface area contributed by atoms with Crippen LogP contribution in [0.5, 0.6) is 11.5 Å². The molecule has 1 aliphatic rings. The first-order chi connectivity index (χ1) is 16.6. The number of hydrogen-bond donors (Lipinski definition) is 2. The molecular formula is C28H30N2O4. The van der Waals surface area contributed by atoms with Crippen LogP contribution in [0.25, 0.3) is 0 Å². The first kappa shape index (κ1) is 23.4. The van der Waals surface area contributed by atoms with Crippen molar-refractivity contribution in [2.75, 3.05) is 23.8 Å². The molecule has 0 atom stereocenters. The molecule has 0 unspecified atom stereocenters. The number of amides is 2. The molecule has 6 heteroatoms. The highest BCUT2D eigenvalue weighted by Crippen LogP contribution is 2.37. The molecule has 4 rings (SSSR count). The van der Waals surface area contributed by atoms with Crippen LogP contribution in [0.15, 0.2) is 60.7 Å². The first-order valence-electron chi connectivity index (χ1n) is 11.8. The molecule has 6 nitrogen and oxygen atoms in total. The highest BCUT2D eigenvalue weighted by molar-refractivity contribution is 6.05. The van der Waals surface area contributed by atoms with E-state index >= 15 is 0 Å². The van der Waals surface area contributed by atoms with Crippen molar-refractivity contribution in [3.8, 4) is 11.5 Å². The molecule has 0 heterocycles. The minimum absolute atomic E-state index is 0.137. The van der Waals surface area contributed by atoms with Crippen LogP contribution in [0.4, 0.5) is 11.4 Å². The number of benzene rings is 3. The van der Waals surface area contributed by atoms with Crippen molar-refractivity contribution in [1.82, 2.24) is 0 Å². The van der Waals surface area contributed by atoms with Crippen molar-refractivity contribution in [2.45, 2.75) is 39.5 Å². The Morgan fingerprint density at radius 2 is 1.44 bits per heavy atom. The van der Waals surface area contributed by atoms with Crippen molar-refractivity contribution in [1.29, 1.82) is 0 Å². The lowest BCUT2D eigenvalue weighted by Gasteiger charge is -2.18. The van der Waals surface area contributed by atoms with Gasteiger partial charge in [0.05, 0.1) is 31.0 Å². The van der Waals surface area contributed by atoms with Gasteiger partial charge in [-0.25, -0.2) is 0 Å². The monoisotopic (exact) mass is 458 g/mol. The Labute approximate surface area is 200 Å². The predicted molar refractivity (Wildman–Crippen MR) is 134 cm³/mol. The molecule has 0 aliphatic heterocycles. The zero-order valence-electron chi connectivity index (χ0n) is 19.6. The van der Waals surface area contributed by atoms with Crippen LogP contribution >= 0.6 is 0 Å². The van der Waals surface area contributed by atoms with E-state index in [0.29, 0.717) is 41.7 Å². The van der Waals surface area contributed by atoms with Crippen LogP contribution in [0.3, 0.4) is 0 Å². The minimum atomic E-state index is -0.252. The molecule has 0 saturated heterocycles. The smallest absolute Gasteiger partial charge is 0.255 e. The van der Waals surface area contributed by atoms with Gasteiger partial charge in [0.2, 0.25) is 5.91 Å². The van der Waals surface area contributed by atoms with E-state index in [0.717, 1.165) is 18.4 Å². The second kappa shape index (κ2) is 10.9. The maximum atomic E-state index is 12.9. The van der Waals surface area contributed by atoms with Gasteiger partial charge in [0.1, 0.15) is 11.5 Å². The van der Waals surface area contributed by atoms with Gasteiger partial charge in [0.25, 0.3) is 5.91 Å². The topological polar surface area (TPSA) is 76.7 Å². The summed E-state index contributed by atoms with van der Waals surface area (Å²) in [5, 5.41) is 5.86. The molecular weight excluding hydrogens is 428 g/mol. The number of carbonyl (C=O) groups excluding carboxylic acids is 2. The Hall–Kier alpha value is -3.80. The Morgan fingerprint density at radius 3 is 2.12 bits per heavy atom. The highest BCUT2D eigenvalue weighted by atomic mass is 16.5. The van der Waals surface area contributed by atoms with Gasteiger partial charge >= 0.3 is 0 Å². The Kier molecular flexibility index (Phi) is 7.48. The largest absolute Gasteiger partial charge is 0.492 e. The number of anilines is 2. The molecule has 0 radical (unpaired) electrons. The molecule has 0 fully saturated rings. The summed E-state index contributed by atoms with van der Waals surface area (Å²) >= 11 is 0. The van der Waals surface area contributed by atoms with Gasteiger partial charge in [-0.05, 0) is 61.9 Å². The van der Waals surface area contributed by atoms with E-state index in [9.17, 15) is 9.59 Å². The lowest BCUT2D eigenvalue weighted by Crippen LogP contribution is -2.17. The maximum absolute atomic E-state index is 12.9. The summed E-state index contributed by atoms with van der Waals surface area (Å²) in [6, 6.07) is 18.7. The van der Waals surface area contributed by atoms with E-state index in [2.05, 4.69) is 22.8 Å². The fourth-order valence-corrected chi connectivity index (χ4v) is 4.20. The lowest BCUT2D eigenvalue weighted by molar-refractivity contribution is -0.115. The fraction of sp³-hybridized carbons (Fsp3) is 0.286. The van der Waals surface area contributed by atoms with Crippen LogP contribution in [0, 0.1) is 0 Å². The summed E-state index contributed by atoms with van der Waals surface area (Å²) < 4.78 is 11.6. The van der Waals surface area contributed by atoms with Gasteiger partial charge in [-0.3, -0.25) is 9.59 Å². The van der Waals surface area contributed by atoms with Gasteiger partial charge in [-0.15, -0.1) is 0 Å². The summed E-state index contributed by atoms with van der Waals surface area (Å²) in [5.74, 6) is 0.541. The summed E-state index contributed by atoms with van der Waals surface area (Å²) in [6.07, 6.45) is 3.64. The highest BCUT2D eigenvalue weighted by Gasteiger charge is 2.18. The summed E-state index contributed by atoms with van der Waals surface area (Å²) in [7, 11) is 0. The number of aryl methyl sites for hydroxylation is 2. The average molecular weight is 459 g/mol. The normalized spacial score (nSPS) is 12.1. The first-order valence-corrected chi connectivity index (χ1v) is 11.8. The third-order valence-corrected chi connectivity index (χ3v) is 5.77. The molecule has 176 valence electrons. The van der Waals surface area contributed by atoms with E-state index < -0.39 is 0 Å². The Morgan fingerprint density at radius 1 is 0.794 bits per heavy atom. The third kappa shape index (κ3) is 5.57. The molecule has 1 aliphatic carbocycles. The van der Waals surface area contributed by atoms with E-state index in [1.54, 1.807) is 24.3 Å². The zero-order valence-corrected chi connectivity index (χ0v) is 19.6. The molecule has 0 bridgehead atoms. The molecule has 2 amide bonds. The number of nitrogens with one attached hydrogen (secondary N) is 2. The second-order valence-corrected chi connectivity index (χ2v) is 8.21. The van der Waals surface area contributed by atoms with Gasteiger partial charge in [0, 0.05) is 17.7 Å². The molecule has 0 aromatic heterocycles. The van der Waals surface area contributed by atoms with Gasteiger partial charge in [0.15, 0.2) is 0 Å². The second-order valence-electron chi connectivity index (χ2n) is 8.21. The summed E-state index contributed by atoms with van der Waals surface area (Å²) in [5.41, 5.74) is 5.25. The standard InChI is InChI=1S/C28H30N2O4/c1-3-33-25-18-24(30-28(32)21-9-6-5-7-10-21)26(34-4-2)17-23(25)29-27(31)16-19-13-14-20-11-8-12-22(20)15-19/h5-7,9-10,13-15,17-18H,3-4,8,11-12,16H2,1-2H3,(H,29,31)(H,30,32). The molecule has 3 aromatic carbocycles. The van der Waals surface area contributed by atoms with Crippen LogP contribution in [-0.2, 0) is 24.1 Å². The van der Waals surface area contributed by atoms with Crippen molar-refractivity contribution in [2.24, 2.45) is 0 Å². The Bertz CT molecular complexity index is 1170. The van der Waals surface area contributed by atoms with Crippen molar-refractivity contribution >= 4 is 23.2 Å². The summed E-state index contributed by atoms with van der Waals surface area (Å²) in [6.45, 7) is 4.55. The molecule has 0 spiro atoms. The maximum Gasteiger partial charge on any atom is 0.255 e. The minimum Gasteiger partial charge on any atom is -0.492 e. The third-order valence-electron chi connectivity index (χ3n) is 5.77. The van der Waals surface area contributed by atoms with Gasteiger partial charge < -0.3 is 20.1 Å². The van der Waals surface area contributed by atoms with Crippen LogP contribution in [-0.4, -0.2) is 25.0 Å². The van der Waals surface area contributed by atoms with Crippen LogP contribution in [0.1, 0.15) is 47.3 Å². The van der Waals surface area contributed by atoms with Crippen molar-refractivity contribution in [3.05, 3.63) is 82.9 Å². The van der Waals surface area contributed by atoms with Gasteiger partial charge in [-0.1, -0.05) is 36.4 Å². The SMILES string of the molecule is CCOc1cc(NC(=O)c2ccccc2)c(OCC)cc1NC(=O)Cc1ccc2c(c1)CCC2. The van der Waals surface area contributed by atoms with Crippen LogP contribution in [0.2, 0.25) is 0 Å². The number of ether oxygens (including phenoxy) is 2. The number of carbonyl (C=O) groups is 2.